The number of ether oxygens (including phenoxy) is 1. The average Bonchev–Trinajstić information content (AvgIpc) is 2.40. The first-order valence-corrected chi connectivity index (χ1v) is 8.37. The third-order valence-electron chi connectivity index (χ3n) is 2.79. The lowest BCUT2D eigenvalue weighted by molar-refractivity contribution is 0.478. The lowest BCUT2D eigenvalue weighted by Crippen LogP contribution is -2.21. The maximum atomic E-state index is 5.91. The van der Waals surface area contributed by atoms with E-state index in [-0.39, 0.29) is 0 Å². The van der Waals surface area contributed by atoms with Crippen molar-refractivity contribution in [1.82, 2.24) is 5.32 Å². The molecule has 2 aromatic rings. The number of halogens is 2. The van der Waals surface area contributed by atoms with E-state index in [2.05, 4.69) is 63.8 Å². The number of benzene rings is 2. The first-order chi connectivity index (χ1) is 9.56. The summed E-state index contributed by atoms with van der Waals surface area (Å²) in [6.45, 7) is 5.13. The highest BCUT2D eigenvalue weighted by Crippen LogP contribution is 2.29. The summed E-state index contributed by atoms with van der Waals surface area (Å²) in [6.07, 6.45) is 0. The SMILES string of the molecule is CC(C)NCc1ccc(Oc2ccccc2I)cc1Br. The molecule has 0 aliphatic carbocycles. The van der Waals surface area contributed by atoms with Gasteiger partial charge in [-0.15, -0.1) is 0 Å². The Hall–Kier alpha value is -0.590. The molecule has 0 saturated heterocycles. The Morgan fingerprint density at radius 2 is 1.95 bits per heavy atom. The van der Waals surface area contributed by atoms with Crippen LogP contribution < -0.4 is 10.1 Å². The Kier molecular flexibility index (Phi) is 5.86. The Morgan fingerprint density at radius 3 is 2.60 bits per heavy atom. The van der Waals surface area contributed by atoms with Crippen LogP contribution in [0.3, 0.4) is 0 Å². The van der Waals surface area contributed by atoms with Crippen molar-refractivity contribution in [1.29, 1.82) is 0 Å². The summed E-state index contributed by atoms with van der Waals surface area (Å²) in [5.41, 5.74) is 1.23. The van der Waals surface area contributed by atoms with Gasteiger partial charge in [-0.2, -0.15) is 0 Å². The summed E-state index contributed by atoms with van der Waals surface area (Å²) in [5, 5.41) is 3.41. The number of rotatable bonds is 5. The summed E-state index contributed by atoms with van der Waals surface area (Å²) >= 11 is 5.88. The molecule has 106 valence electrons. The fourth-order valence-corrected chi connectivity index (χ4v) is 2.70. The molecule has 0 aromatic heterocycles. The molecule has 0 spiro atoms. The van der Waals surface area contributed by atoms with E-state index >= 15 is 0 Å². The number of nitrogens with one attached hydrogen (secondary N) is 1. The van der Waals surface area contributed by atoms with Gasteiger partial charge >= 0.3 is 0 Å². The molecule has 0 aliphatic heterocycles. The molecule has 20 heavy (non-hydrogen) atoms. The van der Waals surface area contributed by atoms with Crippen molar-refractivity contribution in [2.24, 2.45) is 0 Å². The van der Waals surface area contributed by atoms with E-state index in [1.165, 1.54) is 5.56 Å². The predicted molar refractivity (Wildman–Crippen MR) is 95.4 cm³/mol. The molecule has 2 rings (SSSR count). The minimum Gasteiger partial charge on any atom is -0.456 e. The molecule has 0 heterocycles. The van der Waals surface area contributed by atoms with Gasteiger partial charge in [-0.3, -0.25) is 0 Å². The van der Waals surface area contributed by atoms with Crippen LogP contribution in [0.2, 0.25) is 0 Å². The van der Waals surface area contributed by atoms with Gasteiger partial charge < -0.3 is 10.1 Å². The van der Waals surface area contributed by atoms with E-state index < -0.39 is 0 Å². The molecule has 0 atom stereocenters. The minimum absolute atomic E-state index is 0.476. The average molecular weight is 446 g/mol. The van der Waals surface area contributed by atoms with Crippen LogP contribution in [0, 0.1) is 3.57 Å². The van der Waals surface area contributed by atoms with Crippen molar-refractivity contribution in [3.63, 3.8) is 0 Å². The zero-order chi connectivity index (χ0) is 14.5. The fourth-order valence-electron chi connectivity index (χ4n) is 1.70. The second-order valence-corrected chi connectivity index (χ2v) is 6.84. The van der Waals surface area contributed by atoms with Gasteiger partial charge in [-0.25, -0.2) is 0 Å². The van der Waals surface area contributed by atoms with E-state index in [1.54, 1.807) is 0 Å². The van der Waals surface area contributed by atoms with E-state index in [0.29, 0.717) is 6.04 Å². The molecule has 1 N–H and O–H groups in total. The van der Waals surface area contributed by atoms with Crippen LogP contribution in [0.4, 0.5) is 0 Å². The van der Waals surface area contributed by atoms with Crippen molar-refractivity contribution in [3.8, 4) is 11.5 Å². The zero-order valence-electron chi connectivity index (χ0n) is 11.5. The maximum Gasteiger partial charge on any atom is 0.140 e. The summed E-state index contributed by atoms with van der Waals surface area (Å²) in [5.74, 6) is 1.72. The van der Waals surface area contributed by atoms with Gasteiger partial charge in [0.25, 0.3) is 0 Å². The van der Waals surface area contributed by atoms with Gasteiger partial charge in [-0.05, 0) is 52.4 Å². The Bertz CT molecular complexity index is 586. The van der Waals surface area contributed by atoms with E-state index in [9.17, 15) is 0 Å². The summed E-state index contributed by atoms with van der Waals surface area (Å²) in [4.78, 5) is 0. The minimum atomic E-state index is 0.476. The molecule has 2 aromatic carbocycles. The Balaban J connectivity index is 2.11. The maximum absolute atomic E-state index is 5.91. The van der Waals surface area contributed by atoms with Gasteiger partial charge in [0.2, 0.25) is 0 Å². The first kappa shape index (κ1) is 15.8. The second kappa shape index (κ2) is 7.43. The largest absolute Gasteiger partial charge is 0.456 e. The van der Waals surface area contributed by atoms with Crippen LogP contribution in [0.1, 0.15) is 19.4 Å². The summed E-state index contributed by atoms with van der Waals surface area (Å²) in [7, 11) is 0. The van der Waals surface area contributed by atoms with Crippen LogP contribution in [0.5, 0.6) is 11.5 Å². The van der Waals surface area contributed by atoms with Gasteiger partial charge in [0, 0.05) is 17.1 Å². The predicted octanol–water partition coefficient (Wildman–Crippen LogP) is 5.34. The highest BCUT2D eigenvalue weighted by atomic mass is 127. The molecule has 0 radical (unpaired) electrons. The topological polar surface area (TPSA) is 21.3 Å². The standard InChI is InChI=1S/C16H17BrINO/c1-11(2)19-10-12-7-8-13(9-14(12)17)20-16-6-4-3-5-15(16)18/h3-9,11,19H,10H2,1-2H3. The Labute approximate surface area is 142 Å². The summed E-state index contributed by atoms with van der Waals surface area (Å²) in [6, 6.07) is 14.6. The lowest BCUT2D eigenvalue weighted by Gasteiger charge is -2.12. The molecule has 0 unspecified atom stereocenters. The van der Waals surface area contributed by atoms with Crippen LogP contribution in [0.25, 0.3) is 0 Å². The number of hydrogen-bond acceptors (Lipinski definition) is 2. The van der Waals surface area contributed by atoms with Gasteiger partial charge in [0.1, 0.15) is 11.5 Å². The highest BCUT2D eigenvalue weighted by Gasteiger charge is 2.05. The molecule has 0 fully saturated rings. The molecule has 0 saturated carbocycles. The van der Waals surface area contributed by atoms with Crippen LogP contribution in [-0.4, -0.2) is 6.04 Å². The highest BCUT2D eigenvalue weighted by molar-refractivity contribution is 14.1. The molecule has 2 nitrogen and oxygen atoms in total. The van der Waals surface area contributed by atoms with Crippen LogP contribution in [0.15, 0.2) is 46.9 Å². The van der Waals surface area contributed by atoms with E-state index in [1.807, 2.05) is 36.4 Å². The van der Waals surface area contributed by atoms with Crippen molar-refractivity contribution in [2.75, 3.05) is 0 Å². The van der Waals surface area contributed by atoms with Crippen molar-refractivity contribution in [3.05, 3.63) is 56.1 Å². The van der Waals surface area contributed by atoms with Crippen molar-refractivity contribution < 1.29 is 4.74 Å². The van der Waals surface area contributed by atoms with Crippen LogP contribution >= 0.6 is 38.5 Å². The molecule has 0 amide bonds. The smallest absolute Gasteiger partial charge is 0.140 e. The first-order valence-electron chi connectivity index (χ1n) is 6.50. The Morgan fingerprint density at radius 1 is 1.20 bits per heavy atom. The van der Waals surface area contributed by atoms with E-state index in [4.69, 9.17) is 4.74 Å². The normalized spacial score (nSPS) is 10.8. The van der Waals surface area contributed by atoms with Crippen LogP contribution in [-0.2, 0) is 6.54 Å². The molecular formula is C16H17BrINO. The van der Waals surface area contributed by atoms with Crippen molar-refractivity contribution >= 4 is 38.5 Å². The number of hydrogen-bond donors (Lipinski definition) is 1. The third-order valence-corrected chi connectivity index (χ3v) is 4.42. The summed E-state index contributed by atoms with van der Waals surface area (Å²) < 4.78 is 8.08. The second-order valence-electron chi connectivity index (χ2n) is 4.82. The van der Waals surface area contributed by atoms with Gasteiger partial charge in [-0.1, -0.05) is 48.0 Å². The molecule has 0 aliphatic rings. The monoisotopic (exact) mass is 445 g/mol. The fraction of sp³-hybridized carbons (Fsp3) is 0.250. The lowest BCUT2D eigenvalue weighted by atomic mass is 10.2. The van der Waals surface area contributed by atoms with Gasteiger partial charge in [0.15, 0.2) is 0 Å². The van der Waals surface area contributed by atoms with Crippen molar-refractivity contribution in [2.45, 2.75) is 26.4 Å². The number of para-hydroxylation sites is 1. The van der Waals surface area contributed by atoms with E-state index in [0.717, 1.165) is 26.1 Å². The molecular weight excluding hydrogens is 429 g/mol. The van der Waals surface area contributed by atoms with Gasteiger partial charge in [0.05, 0.1) is 3.57 Å². The quantitative estimate of drug-likeness (QED) is 0.627. The zero-order valence-corrected chi connectivity index (χ0v) is 15.2. The molecule has 4 heteroatoms. The molecule has 0 bridgehead atoms. The third kappa shape index (κ3) is 4.46.